The topological polar surface area (TPSA) is 47.0 Å². The number of carbonyl (C=O) groups is 1. The Balaban J connectivity index is 0.00000120. The highest BCUT2D eigenvalue weighted by molar-refractivity contribution is 7.99. The molecular weight excluding hydrogens is 288 g/mol. The fourth-order valence-corrected chi connectivity index (χ4v) is 4.38. The number of benzene rings is 1. The van der Waals surface area contributed by atoms with Crippen LogP contribution in [-0.4, -0.2) is 11.7 Å². The molecule has 0 spiro atoms. The van der Waals surface area contributed by atoms with Crippen molar-refractivity contribution in [3.05, 3.63) is 35.2 Å². The lowest BCUT2D eigenvalue weighted by molar-refractivity contribution is -0.708. The second-order valence-electron chi connectivity index (χ2n) is 3.77. The molecule has 0 unspecified atom stereocenters. The average Bonchev–Trinajstić information content (AvgIpc) is 2.90. The van der Waals surface area contributed by atoms with Gasteiger partial charge in [-0.05, 0) is 23.9 Å². The summed E-state index contributed by atoms with van der Waals surface area (Å²) in [6.45, 7) is 0.952. The summed E-state index contributed by atoms with van der Waals surface area (Å²) in [5, 5.41) is 2.15. The normalized spacial score (nSPS) is 12.9. The van der Waals surface area contributed by atoms with Gasteiger partial charge in [0.15, 0.2) is 11.4 Å². The minimum absolute atomic E-state index is 0. The zero-order valence-corrected chi connectivity index (χ0v) is 11.8. The molecule has 1 aliphatic rings. The molecule has 2 aromatic rings. The van der Waals surface area contributed by atoms with E-state index < -0.39 is 0 Å². The third-order valence-electron chi connectivity index (χ3n) is 2.68. The molecule has 3 rings (SSSR count). The van der Waals surface area contributed by atoms with Gasteiger partial charge in [0.05, 0.1) is 11.3 Å². The highest BCUT2D eigenvalue weighted by atomic mass is 35.5. The van der Waals surface area contributed by atoms with E-state index in [1.807, 2.05) is 18.2 Å². The van der Waals surface area contributed by atoms with Gasteiger partial charge in [-0.2, -0.15) is 4.57 Å². The van der Waals surface area contributed by atoms with Crippen molar-refractivity contribution in [1.29, 1.82) is 0 Å². The van der Waals surface area contributed by atoms with Gasteiger partial charge in [-0.3, -0.25) is 4.79 Å². The van der Waals surface area contributed by atoms with Crippen LogP contribution in [0.2, 0.25) is 0 Å². The predicted molar refractivity (Wildman–Crippen MR) is 69.2 cm³/mol. The molecule has 94 valence electrons. The van der Waals surface area contributed by atoms with E-state index in [1.165, 1.54) is 11.3 Å². The first kappa shape index (κ1) is 13.4. The fourth-order valence-electron chi connectivity index (χ4n) is 1.94. The number of aromatic nitrogens is 1. The minimum Gasteiger partial charge on any atom is -1.00 e. The molecule has 2 heterocycles. The lowest BCUT2D eigenvalue weighted by atomic mass is 10.2. The molecule has 0 fully saturated rings. The molecule has 0 aliphatic carbocycles. The van der Waals surface area contributed by atoms with Gasteiger partial charge in [0.1, 0.15) is 0 Å². The maximum Gasteiger partial charge on any atom is 0.270 e. The molecule has 0 saturated carbocycles. The van der Waals surface area contributed by atoms with Crippen LogP contribution < -0.4 is 22.7 Å². The van der Waals surface area contributed by atoms with Crippen LogP contribution in [0.1, 0.15) is 9.67 Å². The Morgan fingerprint density at radius 3 is 2.67 bits per heavy atom. The van der Waals surface area contributed by atoms with Crippen LogP contribution in [-0.2, 0) is 6.54 Å². The number of fused-ring (bicyclic) bond motifs is 1. The summed E-state index contributed by atoms with van der Waals surface area (Å²) < 4.78 is 2.20. The Labute approximate surface area is 119 Å². The first-order valence-electron chi connectivity index (χ1n) is 5.32. The van der Waals surface area contributed by atoms with E-state index in [4.69, 9.17) is 5.73 Å². The second kappa shape index (κ2) is 5.30. The summed E-state index contributed by atoms with van der Waals surface area (Å²) in [6.07, 6.45) is 0. The van der Waals surface area contributed by atoms with Crippen LogP contribution in [0.25, 0.3) is 10.6 Å². The maximum atomic E-state index is 11.4. The Hall–Kier alpha value is -1.04. The average molecular weight is 299 g/mol. The summed E-state index contributed by atoms with van der Waals surface area (Å²) >= 11 is 3.20. The largest absolute Gasteiger partial charge is 1.00 e. The first-order valence-corrected chi connectivity index (χ1v) is 7.12. The number of rotatable bonds is 2. The number of amides is 1. The number of hydrogen-bond acceptors (Lipinski definition) is 3. The molecule has 1 amide bonds. The Kier molecular flexibility index (Phi) is 3.94. The van der Waals surface area contributed by atoms with E-state index in [1.54, 1.807) is 11.8 Å². The number of nitrogens with zero attached hydrogens (tertiary/aromatic N) is 1. The van der Waals surface area contributed by atoms with Gasteiger partial charge in [-0.15, -0.1) is 0 Å². The highest BCUT2D eigenvalue weighted by Crippen LogP contribution is 2.34. The molecule has 2 N–H and O–H groups in total. The molecule has 0 atom stereocenters. The van der Waals surface area contributed by atoms with Crippen molar-refractivity contribution in [2.24, 2.45) is 5.73 Å². The lowest BCUT2D eigenvalue weighted by Gasteiger charge is -1.93. The van der Waals surface area contributed by atoms with Crippen molar-refractivity contribution in [3.63, 3.8) is 0 Å². The molecule has 1 aromatic heterocycles. The van der Waals surface area contributed by atoms with Gasteiger partial charge in [0.2, 0.25) is 0 Å². The predicted octanol–water partition coefficient (Wildman–Crippen LogP) is -1.09. The number of nitrogens with two attached hydrogens (primary N) is 1. The van der Waals surface area contributed by atoms with E-state index in [9.17, 15) is 4.79 Å². The molecule has 18 heavy (non-hydrogen) atoms. The van der Waals surface area contributed by atoms with E-state index in [2.05, 4.69) is 16.7 Å². The summed E-state index contributed by atoms with van der Waals surface area (Å²) in [7, 11) is 0. The molecule has 3 nitrogen and oxygen atoms in total. The maximum absolute atomic E-state index is 11.4. The Bertz CT molecular complexity index is 583. The highest BCUT2D eigenvalue weighted by Gasteiger charge is 2.34. The van der Waals surface area contributed by atoms with Crippen molar-refractivity contribution >= 4 is 29.0 Å². The van der Waals surface area contributed by atoms with Gasteiger partial charge >= 0.3 is 0 Å². The van der Waals surface area contributed by atoms with E-state index >= 15 is 0 Å². The van der Waals surface area contributed by atoms with Gasteiger partial charge in [-0.1, -0.05) is 29.5 Å². The zero-order chi connectivity index (χ0) is 11.8. The van der Waals surface area contributed by atoms with Crippen LogP contribution in [0.15, 0.2) is 35.4 Å². The molecule has 0 saturated heterocycles. The molecule has 1 aromatic carbocycles. The van der Waals surface area contributed by atoms with Crippen LogP contribution in [0, 0.1) is 0 Å². The Morgan fingerprint density at radius 1 is 1.28 bits per heavy atom. The third-order valence-corrected chi connectivity index (χ3v) is 5.14. The van der Waals surface area contributed by atoms with E-state index in [0.29, 0.717) is 4.88 Å². The monoisotopic (exact) mass is 298 g/mol. The van der Waals surface area contributed by atoms with Crippen LogP contribution >= 0.6 is 23.1 Å². The van der Waals surface area contributed by atoms with Crippen molar-refractivity contribution in [1.82, 2.24) is 0 Å². The summed E-state index contributed by atoms with van der Waals surface area (Å²) in [5.74, 6) is 0.693. The molecular formula is C12H11ClN2OS2. The summed E-state index contributed by atoms with van der Waals surface area (Å²) in [4.78, 5) is 12.1. The molecule has 0 bridgehead atoms. The van der Waals surface area contributed by atoms with Crippen molar-refractivity contribution in [2.75, 3.05) is 5.75 Å². The molecule has 6 heteroatoms. The number of carbonyl (C=O) groups excluding carboxylic acids is 1. The van der Waals surface area contributed by atoms with Gasteiger partial charge in [-0.25, -0.2) is 0 Å². The minimum atomic E-state index is -0.324. The van der Waals surface area contributed by atoms with Crippen LogP contribution in [0.4, 0.5) is 0 Å². The smallest absolute Gasteiger partial charge is 0.270 e. The second-order valence-corrected chi connectivity index (χ2v) is 5.85. The quantitative estimate of drug-likeness (QED) is 0.717. The first-order chi connectivity index (χ1) is 8.27. The number of thioether (sulfide) groups is 1. The standard InChI is InChI=1S/C12H10N2OS2.ClH/c13-10(15)9-12-14(6-7-16-12)11(17-9)8-4-2-1-3-5-8;/h1-5H,6-7H2,(H-,13,15);1H. The van der Waals surface area contributed by atoms with Gasteiger partial charge < -0.3 is 18.1 Å². The molecule has 1 aliphatic heterocycles. The van der Waals surface area contributed by atoms with Crippen LogP contribution in [0.3, 0.4) is 0 Å². The van der Waals surface area contributed by atoms with E-state index in [-0.39, 0.29) is 18.3 Å². The van der Waals surface area contributed by atoms with Crippen molar-refractivity contribution < 1.29 is 21.8 Å². The Morgan fingerprint density at radius 2 is 2.00 bits per heavy atom. The lowest BCUT2D eigenvalue weighted by Crippen LogP contribution is -3.00. The number of hydrogen-bond donors (Lipinski definition) is 1. The number of halogens is 1. The summed E-state index contributed by atoms with van der Waals surface area (Å²) in [6, 6.07) is 10.1. The SMILES string of the molecule is NC(=O)c1sc(-c2ccccc2)[n+]2c1SCC2.[Cl-]. The zero-order valence-electron chi connectivity index (χ0n) is 9.43. The van der Waals surface area contributed by atoms with Crippen LogP contribution in [0.5, 0.6) is 0 Å². The summed E-state index contributed by atoms with van der Waals surface area (Å²) in [5.41, 5.74) is 6.57. The van der Waals surface area contributed by atoms with Crippen molar-refractivity contribution in [3.8, 4) is 10.6 Å². The molecule has 0 radical (unpaired) electrons. The number of primary amides is 1. The van der Waals surface area contributed by atoms with Gasteiger partial charge in [0.25, 0.3) is 15.9 Å². The van der Waals surface area contributed by atoms with E-state index in [0.717, 1.165) is 27.9 Å². The number of thiazole rings is 1. The third kappa shape index (κ3) is 2.13. The fraction of sp³-hybridized carbons (Fsp3) is 0.167. The van der Waals surface area contributed by atoms with Gasteiger partial charge in [0, 0.05) is 0 Å². The van der Waals surface area contributed by atoms with Crippen molar-refractivity contribution in [2.45, 2.75) is 11.6 Å².